The molecule has 0 aromatic rings. The second-order valence-electron chi connectivity index (χ2n) is 12.5. The fourth-order valence-electron chi connectivity index (χ4n) is 3.19. The number of hydrogen-bond donors (Lipinski definition) is 3. The number of esters is 1. The van der Waals surface area contributed by atoms with Crippen LogP contribution in [0.1, 0.15) is 81.6 Å². The molecule has 0 fully saturated rings. The Labute approximate surface area is 219 Å². The highest BCUT2D eigenvalue weighted by molar-refractivity contribution is 6.75. The number of amides is 2. The highest BCUT2D eigenvalue weighted by Gasteiger charge is 2.44. The zero-order valence-electron chi connectivity index (χ0n) is 24.7. The lowest BCUT2D eigenvalue weighted by atomic mass is 10.1. The molecule has 0 radical (unpaired) electrons. The molecule has 1 unspecified atom stereocenters. The van der Waals surface area contributed by atoms with Crippen LogP contribution in [0.4, 0.5) is 4.79 Å². The number of nitrogens with one attached hydrogen (secondary N) is 3. The van der Waals surface area contributed by atoms with E-state index in [9.17, 15) is 14.4 Å². The molecule has 0 heterocycles. The van der Waals surface area contributed by atoms with Crippen molar-refractivity contribution in [3.8, 4) is 0 Å². The van der Waals surface area contributed by atoms with Crippen LogP contribution < -0.4 is 16.1 Å². The van der Waals surface area contributed by atoms with Crippen molar-refractivity contribution in [2.24, 2.45) is 0 Å². The predicted octanol–water partition coefficient (Wildman–Crippen LogP) is 3.51. The minimum atomic E-state index is -2.57. The molecule has 10 nitrogen and oxygen atoms in total. The third-order valence-corrected chi connectivity index (χ3v) is 10.3. The molecule has 0 aromatic carbocycles. The molecular weight excluding hydrogens is 480 g/mol. The Kier molecular flexibility index (Phi) is 13.6. The number of likely N-dealkylation sites (N-methyl/N-ethyl adjacent to an activating group) is 1. The van der Waals surface area contributed by atoms with Crippen LogP contribution in [0, 0.1) is 0 Å². The minimum absolute atomic E-state index is 0.0669. The van der Waals surface area contributed by atoms with Crippen LogP contribution in [-0.2, 0) is 23.5 Å². The zero-order chi connectivity index (χ0) is 28.4. The standard InChI is InChI=1S/C25H52N4O6Si/c1-23(2,3)33-21(31)17-29(11)28-20(30)16-19(14-13-15-26-10)35-36(12,25(7,8)9)18-27-22(32)34-24(4,5)6/h19,26H,13-18H2,1-12H3,(H,27,32)(H,28,30)/t19-,36?/m1/s1. The van der Waals surface area contributed by atoms with Crippen molar-refractivity contribution in [1.29, 1.82) is 0 Å². The van der Waals surface area contributed by atoms with Crippen molar-refractivity contribution in [2.45, 2.75) is 110 Å². The Balaban J connectivity index is 5.34. The number of nitrogens with zero attached hydrogens (tertiary/aromatic N) is 1. The Hall–Kier alpha value is -1.69. The van der Waals surface area contributed by atoms with E-state index in [1.165, 1.54) is 5.01 Å². The number of hydrazine groups is 1. The molecule has 3 N–H and O–H groups in total. The molecule has 0 aliphatic carbocycles. The van der Waals surface area contributed by atoms with Crippen molar-refractivity contribution in [1.82, 2.24) is 21.1 Å². The first-order valence-corrected chi connectivity index (χ1v) is 15.3. The SMILES string of the molecule is CNCCC[C@H](CC(=O)NN(C)CC(=O)OC(C)(C)C)O[Si](C)(CNC(=O)OC(C)(C)C)C(C)(C)C. The van der Waals surface area contributed by atoms with Gasteiger partial charge >= 0.3 is 12.1 Å². The lowest BCUT2D eigenvalue weighted by Crippen LogP contribution is -2.56. The first kappa shape index (κ1) is 34.3. The molecule has 36 heavy (non-hydrogen) atoms. The molecule has 0 aromatic heterocycles. The fourth-order valence-corrected chi connectivity index (χ4v) is 5.57. The predicted molar refractivity (Wildman–Crippen MR) is 145 cm³/mol. The largest absolute Gasteiger partial charge is 0.459 e. The first-order valence-electron chi connectivity index (χ1n) is 12.7. The monoisotopic (exact) mass is 532 g/mol. The molecule has 0 aliphatic heterocycles. The summed E-state index contributed by atoms with van der Waals surface area (Å²) < 4.78 is 17.4. The number of carbonyl (C=O) groups is 3. The molecular formula is C25H52N4O6Si. The summed E-state index contributed by atoms with van der Waals surface area (Å²) in [5.74, 6) is -0.672. The highest BCUT2D eigenvalue weighted by atomic mass is 28.4. The summed E-state index contributed by atoms with van der Waals surface area (Å²) in [6, 6.07) is 0. The topological polar surface area (TPSA) is 118 Å². The van der Waals surface area contributed by atoms with Gasteiger partial charge < -0.3 is 24.5 Å². The number of hydrogen-bond acceptors (Lipinski definition) is 8. The van der Waals surface area contributed by atoms with Gasteiger partial charge in [-0.3, -0.25) is 15.0 Å². The Morgan fingerprint density at radius 1 is 0.944 bits per heavy atom. The second-order valence-corrected chi connectivity index (χ2v) is 17.1. The lowest BCUT2D eigenvalue weighted by molar-refractivity contribution is -0.156. The Bertz CT molecular complexity index is 715. The van der Waals surface area contributed by atoms with Crippen molar-refractivity contribution >= 4 is 26.3 Å². The van der Waals surface area contributed by atoms with Gasteiger partial charge in [0.2, 0.25) is 14.2 Å². The molecule has 0 rings (SSSR count). The maximum atomic E-state index is 12.8. The van der Waals surface area contributed by atoms with Crippen LogP contribution in [0.25, 0.3) is 0 Å². The molecule has 0 aliphatic rings. The van der Waals surface area contributed by atoms with Gasteiger partial charge in [0.1, 0.15) is 17.7 Å². The van der Waals surface area contributed by atoms with Gasteiger partial charge in [-0.15, -0.1) is 0 Å². The fraction of sp³-hybridized carbons (Fsp3) is 0.880. The quantitative estimate of drug-likeness (QED) is 0.143. The third-order valence-electron chi connectivity index (χ3n) is 5.45. The summed E-state index contributed by atoms with van der Waals surface area (Å²) in [6.45, 7) is 19.9. The van der Waals surface area contributed by atoms with Gasteiger partial charge in [-0.05, 0) is 79.6 Å². The summed E-state index contributed by atoms with van der Waals surface area (Å²) in [6.07, 6.45) is 1.17. The molecule has 0 bridgehead atoms. The molecule has 0 spiro atoms. The van der Waals surface area contributed by atoms with E-state index in [-0.39, 0.29) is 30.0 Å². The average Bonchev–Trinajstić information content (AvgIpc) is 2.62. The van der Waals surface area contributed by atoms with E-state index in [1.54, 1.807) is 27.8 Å². The van der Waals surface area contributed by atoms with E-state index in [1.807, 2.05) is 27.8 Å². The summed E-state index contributed by atoms with van der Waals surface area (Å²) in [7, 11) is 0.932. The molecule has 11 heteroatoms. The number of rotatable bonds is 13. The smallest absolute Gasteiger partial charge is 0.407 e. The van der Waals surface area contributed by atoms with Crippen LogP contribution in [0.3, 0.4) is 0 Å². The van der Waals surface area contributed by atoms with Gasteiger partial charge in [-0.2, -0.15) is 0 Å². The van der Waals surface area contributed by atoms with Crippen molar-refractivity contribution in [2.75, 3.05) is 33.4 Å². The third kappa shape index (κ3) is 15.4. The zero-order valence-corrected chi connectivity index (χ0v) is 25.7. The minimum Gasteiger partial charge on any atom is -0.459 e. The molecule has 212 valence electrons. The summed E-state index contributed by atoms with van der Waals surface area (Å²) in [4.78, 5) is 37.2. The van der Waals surface area contributed by atoms with Gasteiger partial charge in [0.25, 0.3) is 0 Å². The van der Waals surface area contributed by atoms with Gasteiger partial charge in [0, 0.05) is 13.2 Å². The van der Waals surface area contributed by atoms with E-state index in [0.29, 0.717) is 12.6 Å². The van der Waals surface area contributed by atoms with Gasteiger partial charge in [0.05, 0.1) is 12.5 Å². The first-order chi connectivity index (χ1) is 16.2. The second kappa shape index (κ2) is 14.3. The van der Waals surface area contributed by atoms with Crippen molar-refractivity contribution in [3.63, 3.8) is 0 Å². The van der Waals surface area contributed by atoms with Gasteiger partial charge in [0.15, 0.2) is 0 Å². The number of carbonyl (C=O) groups excluding carboxylic acids is 3. The summed E-state index contributed by atoms with van der Waals surface area (Å²) >= 11 is 0. The summed E-state index contributed by atoms with van der Waals surface area (Å²) in [5, 5.41) is 7.22. The van der Waals surface area contributed by atoms with Crippen LogP contribution in [0.15, 0.2) is 0 Å². The van der Waals surface area contributed by atoms with Crippen LogP contribution in [0.2, 0.25) is 11.6 Å². The average molecular weight is 533 g/mol. The highest BCUT2D eigenvalue weighted by Crippen LogP contribution is 2.38. The van der Waals surface area contributed by atoms with E-state index >= 15 is 0 Å². The number of alkyl carbamates (subject to hydrolysis) is 1. The van der Waals surface area contributed by atoms with Gasteiger partial charge in [-0.1, -0.05) is 20.8 Å². The van der Waals surface area contributed by atoms with Gasteiger partial charge in [-0.25, -0.2) is 9.80 Å². The van der Waals surface area contributed by atoms with Crippen LogP contribution >= 0.6 is 0 Å². The maximum Gasteiger partial charge on any atom is 0.407 e. The Morgan fingerprint density at radius 2 is 1.50 bits per heavy atom. The molecule has 2 amide bonds. The van der Waals surface area contributed by atoms with Crippen molar-refractivity contribution in [3.05, 3.63) is 0 Å². The number of ether oxygens (including phenoxy) is 2. The lowest BCUT2D eigenvalue weighted by Gasteiger charge is -2.42. The van der Waals surface area contributed by atoms with Crippen molar-refractivity contribution < 1.29 is 28.3 Å². The molecule has 0 saturated heterocycles. The molecule has 0 saturated carbocycles. The van der Waals surface area contributed by atoms with E-state index in [2.05, 4.69) is 43.4 Å². The molecule has 2 atom stereocenters. The van der Waals surface area contributed by atoms with Crippen LogP contribution in [-0.4, -0.2) is 82.0 Å². The van der Waals surface area contributed by atoms with Crippen LogP contribution in [0.5, 0.6) is 0 Å². The van der Waals surface area contributed by atoms with E-state index in [4.69, 9.17) is 13.9 Å². The maximum absolute atomic E-state index is 12.8. The Morgan fingerprint density at radius 3 is 1.97 bits per heavy atom. The van der Waals surface area contributed by atoms with E-state index in [0.717, 1.165) is 13.0 Å². The summed E-state index contributed by atoms with van der Waals surface area (Å²) in [5.41, 5.74) is 1.55. The van der Waals surface area contributed by atoms with E-state index < -0.39 is 31.6 Å². The normalized spacial score (nSPS) is 15.1.